The lowest BCUT2D eigenvalue weighted by molar-refractivity contribution is -0.130. The summed E-state index contributed by atoms with van der Waals surface area (Å²) in [6, 6.07) is 6.49. The quantitative estimate of drug-likeness (QED) is 0.612. The first-order chi connectivity index (χ1) is 10.1. The van der Waals surface area contributed by atoms with Crippen LogP contribution in [0.2, 0.25) is 0 Å². The fraction of sp³-hybridized carbons (Fsp3) is 0.467. The fourth-order valence-electron chi connectivity index (χ4n) is 1.84. The van der Waals surface area contributed by atoms with E-state index in [0.29, 0.717) is 17.8 Å². The molecule has 1 rings (SSSR count). The summed E-state index contributed by atoms with van der Waals surface area (Å²) in [5, 5.41) is 11.6. The molecule has 0 aliphatic rings. The van der Waals surface area contributed by atoms with Crippen molar-refractivity contribution in [2.45, 2.75) is 19.8 Å². The Kier molecular flexibility index (Phi) is 7.25. The molecule has 0 heterocycles. The molecule has 0 fully saturated rings. The zero-order valence-corrected chi connectivity index (χ0v) is 12.3. The molecule has 4 N–H and O–H groups in total. The summed E-state index contributed by atoms with van der Waals surface area (Å²) in [6.07, 6.45) is 1.84. The zero-order chi connectivity index (χ0) is 15.7. The second kappa shape index (κ2) is 8.97. The SMILES string of the molecule is CCCCN(CCO)C(=O)CNC(=O)c1ccc(N)cc1. The van der Waals surface area contributed by atoms with Crippen molar-refractivity contribution in [3.63, 3.8) is 0 Å². The molecule has 0 unspecified atom stereocenters. The van der Waals surface area contributed by atoms with Crippen molar-refractivity contribution >= 4 is 17.5 Å². The van der Waals surface area contributed by atoms with Crippen molar-refractivity contribution in [1.82, 2.24) is 10.2 Å². The molecule has 1 aromatic rings. The molecule has 0 saturated carbocycles. The standard InChI is InChI=1S/C15H23N3O3/c1-2-3-8-18(9-10-19)14(20)11-17-15(21)12-4-6-13(16)7-5-12/h4-7,19H,2-3,8-11,16H2,1H3,(H,17,21). The van der Waals surface area contributed by atoms with Gasteiger partial charge in [-0.15, -0.1) is 0 Å². The van der Waals surface area contributed by atoms with E-state index in [2.05, 4.69) is 5.32 Å². The van der Waals surface area contributed by atoms with E-state index in [0.717, 1.165) is 12.8 Å². The van der Waals surface area contributed by atoms with Crippen molar-refractivity contribution in [1.29, 1.82) is 0 Å². The van der Waals surface area contributed by atoms with Crippen LogP contribution in [0.5, 0.6) is 0 Å². The van der Waals surface area contributed by atoms with Crippen LogP contribution in [0, 0.1) is 0 Å². The summed E-state index contributed by atoms with van der Waals surface area (Å²) >= 11 is 0. The van der Waals surface area contributed by atoms with Crippen LogP contribution in [0.15, 0.2) is 24.3 Å². The Bertz CT molecular complexity index is 460. The first-order valence-corrected chi connectivity index (χ1v) is 7.10. The minimum Gasteiger partial charge on any atom is -0.399 e. The summed E-state index contributed by atoms with van der Waals surface area (Å²) in [5.41, 5.74) is 6.59. The number of hydrogen-bond donors (Lipinski definition) is 3. The molecule has 0 radical (unpaired) electrons. The molecular formula is C15H23N3O3. The first-order valence-electron chi connectivity index (χ1n) is 7.10. The van der Waals surface area contributed by atoms with Crippen molar-refractivity contribution in [3.05, 3.63) is 29.8 Å². The smallest absolute Gasteiger partial charge is 0.251 e. The largest absolute Gasteiger partial charge is 0.399 e. The molecule has 2 amide bonds. The second-order valence-corrected chi connectivity index (χ2v) is 4.76. The summed E-state index contributed by atoms with van der Waals surface area (Å²) < 4.78 is 0. The van der Waals surface area contributed by atoms with Crippen molar-refractivity contribution in [3.8, 4) is 0 Å². The van der Waals surface area contributed by atoms with E-state index in [9.17, 15) is 9.59 Å². The highest BCUT2D eigenvalue weighted by Crippen LogP contribution is 2.05. The van der Waals surface area contributed by atoms with E-state index in [1.54, 1.807) is 29.2 Å². The highest BCUT2D eigenvalue weighted by molar-refractivity contribution is 5.96. The van der Waals surface area contributed by atoms with Gasteiger partial charge in [-0.25, -0.2) is 0 Å². The third-order valence-corrected chi connectivity index (χ3v) is 3.08. The third-order valence-electron chi connectivity index (χ3n) is 3.08. The number of aliphatic hydroxyl groups excluding tert-OH is 1. The molecule has 6 heteroatoms. The van der Waals surface area contributed by atoms with Crippen molar-refractivity contribution in [2.24, 2.45) is 0 Å². The number of hydrogen-bond acceptors (Lipinski definition) is 4. The number of carbonyl (C=O) groups excluding carboxylic acids is 2. The molecule has 6 nitrogen and oxygen atoms in total. The predicted molar refractivity (Wildman–Crippen MR) is 81.8 cm³/mol. The lowest BCUT2D eigenvalue weighted by Gasteiger charge is -2.21. The predicted octanol–water partition coefficient (Wildman–Crippen LogP) is 0.620. The number of nitrogens with two attached hydrogens (primary N) is 1. The Labute approximate surface area is 124 Å². The van der Waals surface area contributed by atoms with E-state index in [4.69, 9.17) is 10.8 Å². The van der Waals surface area contributed by atoms with Crippen LogP contribution in [-0.4, -0.2) is 48.1 Å². The molecule has 0 spiro atoms. The number of nitrogens with one attached hydrogen (secondary N) is 1. The number of rotatable bonds is 8. The van der Waals surface area contributed by atoms with Gasteiger partial charge in [-0.2, -0.15) is 0 Å². The van der Waals surface area contributed by atoms with Gasteiger partial charge in [0.25, 0.3) is 5.91 Å². The molecule has 1 aromatic carbocycles. The minimum atomic E-state index is -0.317. The van der Waals surface area contributed by atoms with Gasteiger partial charge >= 0.3 is 0 Å². The number of nitrogen functional groups attached to an aromatic ring is 1. The Hall–Kier alpha value is -2.08. The van der Waals surface area contributed by atoms with Gasteiger partial charge in [0.15, 0.2) is 0 Å². The Balaban J connectivity index is 2.49. The number of anilines is 1. The zero-order valence-electron chi connectivity index (χ0n) is 12.3. The van der Waals surface area contributed by atoms with Crippen molar-refractivity contribution in [2.75, 3.05) is 32.0 Å². The maximum atomic E-state index is 12.0. The van der Waals surface area contributed by atoms with E-state index in [1.807, 2.05) is 6.92 Å². The Morgan fingerprint density at radius 3 is 2.48 bits per heavy atom. The molecule has 0 aliphatic heterocycles. The van der Waals surface area contributed by atoms with Crippen LogP contribution < -0.4 is 11.1 Å². The lowest BCUT2D eigenvalue weighted by atomic mass is 10.2. The van der Waals surface area contributed by atoms with Gasteiger partial charge in [-0.1, -0.05) is 13.3 Å². The Morgan fingerprint density at radius 1 is 1.24 bits per heavy atom. The van der Waals surface area contributed by atoms with Gasteiger partial charge in [-0.3, -0.25) is 9.59 Å². The van der Waals surface area contributed by atoms with Gasteiger partial charge in [0.2, 0.25) is 5.91 Å². The fourth-order valence-corrected chi connectivity index (χ4v) is 1.84. The third kappa shape index (κ3) is 5.83. The van der Waals surface area contributed by atoms with Gasteiger partial charge in [0.1, 0.15) is 0 Å². The minimum absolute atomic E-state index is 0.0765. The average Bonchev–Trinajstić information content (AvgIpc) is 2.49. The lowest BCUT2D eigenvalue weighted by Crippen LogP contribution is -2.42. The van der Waals surface area contributed by atoms with E-state index < -0.39 is 0 Å². The van der Waals surface area contributed by atoms with Crippen LogP contribution in [0.25, 0.3) is 0 Å². The summed E-state index contributed by atoms with van der Waals surface area (Å²) in [7, 11) is 0. The van der Waals surface area contributed by atoms with E-state index in [1.165, 1.54) is 0 Å². The number of unbranched alkanes of at least 4 members (excludes halogenated alkanes) is 1. The number of benzene rings is 1. The van der Waals surface area contributed by atoms with Gasteiger partial charge < -0.3 is 21.1 Å². The molecule has 116 valence electrons. The van der Waals surface area contributed by atoms with Crippen LogP contribution in [-0.2, 0) is 4.79 Å². The topological polar surface area (TPSA) is 95.7 Å². The highest BCUT2D eigenvalue weighted by atomic mass is 16.3. The number of amides is 2. The molecule has 0 aromatic heterocycles. The van der Waals surface area contributed by atoms with Gasteiger partial charge in [-0.05, 0) is 30.7 Å². The van der Waals surface area contributed by atoms with Gasteiger partial charge in [0.05, 0.1) is 13.2 Å². The molecule has 0 aliphatic carbocycles. The van der Waals surface area contributed by atoms with Crippen LogP contribution >= 0.6 is 0 Å². The molecule has 0 atom stereocenters. The van der Waals surface area contributed by atoms with Crippen LogP contribution in [0.3, 0.4) is 0 Å². The molecule has 0 saturated heterocycles. The molecule has 21 heavy (non-hydrogen) atoms. The first kappa shape index (κ1) is 17.0. The molecule has 0 bridgehead atoms. The van der Waals surface area contributed by atoms with Crippen LogP contribution in [0.1, 0.15) is 30.1 Å². The van der Waals surface area contributed by atoms with Crippen LogP contribution in [0.4, 0.5) is 5.69 Å². The number of aliphatic hydroxyl groups is 1. The molecular weight excluding hydrogens is 270 g/mol. The Morgan fingerprint density at radius 2 is 1.90 bits per heavy atom. The number of nitrogens with zero attached hydrogens (tertiary/aromatic N) is 1. The second-order valence-electron chi connectivity index (χ2n) is 4.76. The summed E-state index contributed by atoms with van der Waals surface area (Å²) in [6.45, 7) is 2.75. The summed E-state index contributed by atoms with van der Waals surface area (Å²) in [5.74, 6) is -0.510. The normalized spacial score (nSPS) is 10.2. The maximum Gasteiger partial charge on any atom is 0.251 e. The maximum absolute atomic E-state index is 12.0. The number of carbonyl (C=O) groups is 2. The van der Waals surface area contributed by atoms with E-state index >= 15 is 0 Å². The van der Waals surface area contributed by atoms with Gasteiger partial charge in [0, 0.05) is 24.3 Å². The monoisotopic (exact) mass is 293 g/mol. The van der Waals surface area contributed by atoms with E-state index in [-0.39, 0.29) is 31.5 Å². The van der Waals surface area contributed by atoms with Crippen molar-refractivity contribution < 1.29 is 14.7 Å². The average molecular weight is 293 g/mol. The highest BCUT2D eigenvalue weighted by Gasteiger charge is 2.14. The summed E-state index contributed by atoms with van der Waals surface area (Å²) in [4.78, 5) is 25.5.